The van der Waals surface area contributed by atoms with Gasteiger partial charge < -0.3 is 9.88 Å². The molecule has 1 aliphatic carbocycles. The molecule has 1 fully saturated rings. The Bertz CT molecular complexity index is 540. The summed E-state index contributed by atoms with van der Waals surface area (Å²) in [5, 5.41) is 13.5. The van der Waals surface area contributed by atoms with Crippen LogP contribution in [0.25, 0.3) is 0 Å². The largest absolute Gasteiger partial charge is 0.335 e. The Morgan fingerprint density at radius 1 is 1.26 bits per heavy atom. The molecule has 8 heteroatoms. The Balaban J connectivity index is 1.82. The van der Waals surface area contributed by atoms with Crippen LogP contribution >= 0.6 is 11.8 Å². The standard InChI is InChI=1S/C15H25N5O2S/c1-10(2)20-9-16-19-15(20)23-11(3)13(21)18-14(22)17-12-7-5-4-6-8-12/h9-12H,4-8H2,1-3H3,(H2,17,18,21,22)/t11-/m0/s1. The van der Waals surface area contributed by atoms with Crippen LogP contribution < -0.4 is 10.6 Å². The van der Waals surface area contributed by atoms with Crippen molar-refractivity contribution in [3.05, 3.63) is 6.33 Å². The predicted octanol–water partition coefficient (Wildman–Crippen LogP) is 2.50. The average Bonchev–Trinajstić information content (AvgIpc) is 2.96. The molecule has 1 heterocycles. The number of thioether (sulfide) groups is 1. The summed E-state index contributed by atoms with van der Waals surface area (Å²) < 4.78 is 1.90. The predicted molar refractivity (Wildman–Crippen MR) is 89.3 cm³/mol. The topological polar surface area (TPSA) is 88.9 Å². The zero-order chi connectivity index (χ0) is 16.8. The molecule has 1 aliphatic rings. The van der Waals surface area contributed by atoms with Crippen LogP contribution in [0.3, 0.4) is 0 Å². The minimum atomic E-state index is -0.422. The van der Waals surface area contributed by atoms with E-state index in [2.05, 4.69) is 20.8 Å². The third-order valence-corrected chi connectivity index (χ3v) is 5.00. The van der Waals surface area contributed by atoms with Crippen LogP contribution in [0.5, 0.6) is 0 Å². The number of hydrogen-bond acceptors (Lipinski definition) is 5. The van der Waals surface area contributed by atoms with Gasteiger partial charge in [-0.1, -0.05) is 31.0 Å². The van der Waals surface area contributed by atoms with Gasteiger partial charge in [0.2, 0.25) is 5.91 Å². The first kappa shape index (κ1) is 17.8. The second-order valence-corrected chi connectivity index (χ2v) is 7.48. The van der Waals surface area contributed by atoms with Crippen molar-refractivity contribution in [3.63, 3.8) is 0 Å². The van der Waals surface area contributed by atoms with E-state index in [0.717, 1.165) is 25.7 Å². The lowest BCUT2D eigenvalue weighted by molar-refractivity contribution is -0.119. The van der Waals surface area contributed by atoms with Crippen molar-refractivity contribution in [1.82, 2.24) is 25.4 Å². The van der Waals surface area contributed by atoms with Gasteiger partial charge in [0.1, 0.15) is 6.33 Å². The van der Waals surface area contributed by atoms with E-state index in [0.29, 0.717) is 5.16 Å². The fourth-order valence-electron chi connectivity index (χ4n) is 2.56. The highest BCUT2D eigenvalue weighted by Gasteiger charge is 2.22. The molecule has 23 heavy (non-hydrogen) atoms. The molecular formula is C15H25N5O2S. The van der Waals surface area contributed by atoms with Gasteiger partial charge >= 0.3 is 6.03 Å². The zero-order valence-electron chi connectivity index (χ0n) is 13.9. The van der Waals surface area contributed by atoms with E-state index in [4.69, 9.17) is 0 Å². The number of amides is 3. The smallest absolute Gasteiger partial charge is 0.321 e. The van der Waals surface area contributed by atoms with Crippen molar-refractivity contribution >= 4 is 23.7 Å². The van der Waals surface area contributed by atoms with E-state index in [1.165, 1.54) is 18.2 Å². The summed E-state index contributed by atoms with van der Waals surface area (Å²) in [6.07, 6.45) is 7.12. The fourth-order valence-corrected chi connectivity index (χ4v) is 3.52. The summed E-state index contributed by atoms with van der Waals surface area (Å²) in [5.41, 5.74) is 0. The number of nitrogens with one attached hydrogen (secondary N) is 2. The van der Waals surface area contributed by atoms with Crippen LogP contribution in [0.2, 0.25) is 0 Å². The first-order valence-electron chi connectivity index (χ1n) is 8.15. The Morgan fingerprint density at radius 3 is 2.61 bits per heavy atom. The van der Waals surface area contributed by atoms with Gasteiger partial charge in [-0.25, -0.2) is 4.79 Å². The van der Waals surface area contributed by atoms with Crippen LogP contribution in [-0.4, -0.2) is 38.0 Å². The van der Waals surface area contributed by atoms with Gasteiger partial charge in [0, 0.05) is 12.1 Å². The number of imide groups is 1. The molecule has 128 valence electrons. The van der Waals surface area contributed by atoms with E-state index < -0.39 is 11.3 Å². The molecule has 0 aliphatic heterocycles. The van der Waals surface area contributed by atoms with Gasteiger partial charge in [-0.3, -0.25) is 10.1 Å². The molecule has 3 amide bonds. The number of carbonyl (C=O) groups is 2. The Morgan fingerprint density at radius 2 is 1.96 bits per heavy atom. The summed E-state index contributed by atoms with van der Waals surface area (Å²) in [4.78, 5) is 24.1. The molecule has 2 rings (SSSR count). The summed E-state index contributed by atoms with van der Waals surface area (Å²) in [6.45, 7) is 5.80. The molecule has 1 aromatic heterocycles. The van der Waals surface area contributed by atoms with Crippen LogP contribution in [-0.2, 0) is 4.79 Å². The average molecular weight is 339 g/mol. The van der Waals surface area contributed by atoms with Crippen molar-refractivity contribution < 1.29 is 9.59 Å². The van der Waals surface area contributed by atoms with Crippen molar-refractivity contribution in [2.75, 3.05) is 0 Å². The molecule has 0 unspecified atom stereocenters. The third kappa shape index (κ3) is 5.23. The van der Waals surface area contributed by atoms with Gasteiger partial charge in [-0.15, -0.1) is 10.2 Å². The Kier molecular flexibility index (Phi) is 6.44. The summed E-state index contributed by atoms with van der Waals surface area (Å²) in [7, 11) is 0. The van der Waals surface area contributed by atoms with Crippen LogP contribution in [0.15, 0.2) is 11.5 Å². The van der Waals surface area contributed by atoms with Crippen molar-refractivity contribution in [3.8, 4) is 0 Å². The molecule has 0 bridgehead atoms. The highest BCUT2D eigenvalue weighted by atomic mass is 32.2. The second-order valence-electron chi connectivity index (χ2n) is 6.17. The lowest BCUT2D eigenvalue weighted by atomic mass is 9.96. The number of urea groups is 1. The SMILES string of the molecule is CC(C)n1cnnc1S[C@@H](C)C(=O)NC(=O)NC1CCCCC1. The van der Waals surface area contributed by atoms with E-state index >= 15 is 0 Å². The van der Waals surface area contributed by atoms with Crippen LogP contribution in [0.1, 0.15) is 58.9 Å². The first-order chi connectivity index (χ1) is 11.0. The molecular weight excluding hydrogens is 314 g/mol. The monoisotopic (exact) mass is 339 g/mol. The minimum absolute atomic E-state index is 0.184. The molecule has 0 saturated heterocycles. The minimum Gasteiger partial charge on any atom is -0.335 e. The maximum Gasteiger partial charge on any atom is 0.321 e. The lowest BCUT2D eigenvalue weighted by Gasteiger charge is -2.23. The number of carbonyl (C=O) groups excluding carboxylic acids is 2. The van der Waals surface area contributed by atoms with Crippen molar-refractivity contribution in [1.29, 1.82) is 0 Å². The third-order valence-electron chi connectivity index (χ3n) is 3.93. The quantitative estimate of drug-likeness (QED) is 0.805. The molecule has 2 N–H and O–H groups in total. The number of rotatable bonds is 5. The zero-order valence-corrected chi connectivity index (χ0v) is 14.7. The van der Waals surface area contributed by atoms with E-state index in [9.17, 15) is 9.59 Å². The van der Waals surface area contributed by atoms with E-state index in [1.54, 1.807) is 13.3 Å². The molecule has 7 nitrogen and oxygen atoms in total. The van der Waals surface area contributed by atoms with Gasteiger partial charge in [0.15, 0.2) is 5.16 Å². The van der Waals surface area contributed by atoms with E-state index in [-0.39, 0.29) is 18.0 Å². The normalized spacial score (nSPS) is 17.0. The molecule has 0 aromatic carbocycles. The fraction of sp³-hybridized carbons (Fsp3) is 0.733. The summed E-state index contributed by atoms with van der Waals surface area (Å²) in [6, 6.07) is 0.000543. The van der Waals surface area contributed by atoms with Crippen LogP contribution in [0.4, 0.5) is 4.79 Å². The Hall–Kier alpha value is -1.57. The van der Waals surface area contributed by atoms with Gasteiger partial charge in [-0.05, 0) is 33.6 Å². The van der Waals surface area contributed by atoms with Gasteiger partial charge in [0.25, 0.3) is 0 Å². The first-order valence-corrected chi connectivity index (χ1v) is 9.03. The number of aromatic nitrogens is 3. The Labute approximate surface area is 141 Å². The maximum atomic E-state index is 12.2. The molecule has 0 radical (unpaired) electrons. The molecule has 0 spiro atoms. The van der Waals surface area contributed by atoms with Gasteiger partial charge in [0.05, 0.1) is 5.25 Å². The highest BCUT2D eigenvalue weighted by molar-refractivity contribution is 8.00. The molecule has 1 saturated carbocycles. The summed E-state index contributed by atoms with van der Waals surface area (Å²) in [5.74, 6) is -0.318. The highest BCUT2D eigenvalue weighted by Crippen LogP contribution is 2.23. The van der Waals surface area contributed by atoms with Gasteiger partial charge in [-0.2, -0.15) is 0 Å². The van der Waals surface area contributed by atoms with Crippen LogP contribution in [0, 0.1) is 0 Å². The summed E-state index contributed by atoms with van der Waals surface area (Å²) >= 11 is 1.30. The maximum absolute atomic E-state index is 12.2. The number of hydrogen-bond donors (Lipinski definition) is 2. The molecule has 1 atom stereocenters. The van der Waals surface area contributed by atoms with Crippen molar-refractivity contribution in [2.24, 2.45) is 0 Å². The molecule has 1 aromatic rings. The number of nitrogens with zero attached hydrogens (tertiary/aromatic N) is 3. The van der Waals surface area contributed by atoms with Crippen molar-refractivity contribution in [2.45, 2.75) is 75.4 Å². The second kappa shape index (κ2) is 8.33. The van der Waals surface area contributed by atoms with E-state index in [1.807, 2.05) is 18.4 Å². The lowest BCUT2D eigenvalue weighted by Crippen LogP contribution is -2.47.